The molecule has 402 valence electrons. The van der Waals surface area contributed by atoms with Gasteiger partial charge in [0.2, 0.25) is 5.82 Å². The molecule has 18 nitrogen and oxygen atoms in total. The summed E-state index contributed by atoms with van der Waals surface area (Å²) in [5, 5.41) is 25.7. The van der Waals surface area contributed by atoms with Crippen molar-refractivity contribution in [2.75, 3.05) is 63.7 Å². The summed E-state index contributed by atoms with van der Waals surface area (Å²) in [5.74, 6) is -0.895. The fourth-order valence-corrected chi connectivity index (χ4v) is 12.8. The molecule has 20 heteroatoms. The summed E-state index contributed by atoms with van der Waals surface area (Å²) in [4.78, 5) is 43.9. The minimum atomic E-state index is -4.74. The first-order valence-electron chi connectivity index (χ1n) is 26.2. The van der Waals surface area contributed by atoms with Gasteiger partial charge in [0.15, 0.2) is 5.75 Å². The lowest BCUT2D eigenvalue weighted by Gasteiger charge is -2.58. The molecule has 4 fully saturated rings. The van der Waals surface area contributed by atoms with E-state index in [1.807, 2.05) is 12.1 Å². The van der Waals surface area contributed by atoms with Crippen molar-refractivity contribution in [3.8, 4) is 23.1 Å². The number of nitro groups is 1. The van der Waals surface area contributed by atoms with Crippen molar-refractivity contribution >= 4 is 44.2 Å². The van der Waals surface area contributed by atoms with Gasteiger partial charge < -0.3 is 34.5 Å². The zero-order valence-electron chi connectivity index (χ0n) is 43.4. The number of methoxy groups -OCH3 is 2. The van der Waals surface area contributed by atoms with Crippen LogP contribution in [-0.4, -0.2) is 114 Å². The Labute approximate surface area is 442 Å². The van der Waals surface area contributed by atoms with E-state index < -0.39 is 42.9 Å². The number of piperazine rings is 1. The molecule has 2 aliphatic heterocycles. The van der Waals surface area contributed by atoms with Crippen molar-refractivity contribution in [2.24, 2.45) is 11.3 Å². The van der Waals surface area contributed by atoms with Gasteiger partial charge in [-0.15, -0.1) is 0 Å². The van der Waals surface area contributed by atoms with Crippen LogP contribution in [0.25, 0.3) is 11.0 Å². The maximum Gasteiger partial charge on any atom is 0.312 e. The molecular formula is C56H66FN9O9S. The number of halogens is 1. The molecule has 2 aliphatic carbocycles. The van der Waals surface area contributed by atoms with E-state index in [1.165, 1.54) is 35.9 Å². The summed E-state index contributed by atoms with van der Waals surface area (Å²) in [6.07, 6.45) is 9.78. The quantitative estimate of drug-likeness (QED) is 0.0495. The van der Waals surface area contributed by atoms with E-state index in [0.717, 1.165) is 101 Å². The molecule has 4 aliphatic rings. The predicted octanol–water partition coefficient (Wildman–Crippen LogP) is 9.16. The molecule has 0 bridgehead atoms. The van der Waals surface area contributed by atoms with Crippen molar-refractivity contribution in [2.45, 2.75) is 101 Å². The Hall–Kier alpha value is -6.87. The Morgan fingerprint density at radius 3 is 2.42 bits per heavy atom. The van der Waals surface area contributed by atoms with E-state index in [1.54, 1.807) is 26.2 Å². The number of carbonyl (C=O) groups excluding carboxylic acids is 1. The standard InChI is InChI=1S/C56H66FN9O9S/c1-5-38-8-6-7-9-43(38)48-35-63(34-37-10-13-41(73-3)14-11-37)24-25-65(48)40-29-56(30-40)20-22-64(23-21-56)39-12-15-44(49(26-39)75-50-28-45-46(57)33-60-51(45)61-54(50)74-4)53(67)62-76(71,72)42-27-47(66(69)70)52(59-32-42)58-31-36-16-18-55(2,68)19-17-36/h6-15,26-28,32-33,36,40,48,68H,5,16-25,29-31,34-35H2,1-4H3,(H,58,59)(H,60,61)(H,62,67)/t36?,48-,55?/m0/s1. The lowest BCUT2D eigenvalue weighted by atomic mass is 9.59. The third kappa shape index (κ3) is 11.2. The lowest BCUT2D eigenvalue weighted by molar-refractivity contribution is -0.384. The molecule has 10 rings (SSSR count). The molecule has 1 atom stereocenters. The summed E-state index contributed by atoms with van der Waals surface area (Å²) < 4.78 is 62.0. The first-order chi connectivity index (χ1) is 36.5. The lowest BCUT2D eigenvalue weighted by Crippen LogP contribution is -2.59. The van der Waals surface area contributed by atoms with Crippen molar-refractivity contribution in [1.82, 2.24) is 29.5 Å². The van der Waals surface area contributed by atoms with E-state index in [2.05, 4.69) is 83.0 Å². The maximum atomic E-state index is 14.9. The van der Waals surface area contributed by atoms with Crippen LogP contribution in [0.3, 0.4) is 0 Å². The maximum absolute atomic E-state index is 14.9. The number of nitrogens with one attached hydrogen (secondary N) is 3. The van der Waals surface area contributed by atoms with Crippen molar-refractivity contribution in [3.63, 3.8) is 0 Å². The highest BCUT2D eigenvalue weighted by Gasteiger charge is 2.50. The SMILES string of the molecule is CCc1ccccc1[C@@H]1CN(Cc2ccc(OC)cc2)CCN1C1CC2(CCN(c3ccc(C(=O)NS(=O)(=O)c4cnc(NCC5CCC(C)(O)CC5)c([N+](=O)[O-])c4)c(Oc4cc5c(F)c[nH]c5nc4OC)c3)CC2)C1. The molecule has 0 radical (unpaired) electrons. The third-order valence-electron chi connectivity index (χ3n) is 16.3. The number of rotatable bonds is 17. The van der Waals surface area contributed by atoms with E-state index in [4.69, 9.17) is 14.2 Å². The van der Waals surface area contributed by atoms with Crippen LogP contribution < -0.4 is 29.1 Å². The van der Waals surface area contributed by atoms with Gasteiger partial charge in [0.25, 0.3) is 21.8 Å². The molecule has 2 saturated carbocycles. The third-order valence-corrected chi connectivity index (χ3v) is 17.6. The molecule has 76 heavy (non-hydrogen) atoms. The average molecular weight is 1060 g/mol. The molecule has 0 unspecified atom stereocenters. The van der Waals surface area contributed by atoms with Gasteiger partial charge >= 0.3 is 5.69 Å². The highest BCUT2D eigenvalue weighted by Crippen LogP contribution is 2.53. The van der Waals surface area contributed by atoms with Crippen LogP contribution in [-0.2, 0) is 23.0 Å². The Bertz CT molecular complexity index is 3200. The van der Waals surface area contributed by atoms with Crippen LogP contribution in [0.1, 0.15) is 98.3 Å². The second-order valence-corrected chi connectivity index (χ2v) is 23.0. The van der Waals surface area contributed by atoms with E-state index in [0.29, 0.717) is 38.3 Å². The molecule has 2 saturated heterocycles. The summed E-state index contributed by atoms with van der Waals surface area (Å²) in [5.41, 5.74) is 3.66. The number of benzene rings is 3. The molecule has 3 aromatic carbocycles. The Morgan fingerprint density at radius 2 is 1.71 bits per heavy atom. The number of H-pyrrole nitrogens is 1. The number of aliphatic hydroxyl groups is 1. The number of hydrogen-bond acceptors (Lipinski definition) is 15. The number of amides is 1. The number of carbonyl (C=O) groups is 1. The molecule has 3 aromatic heterocycles. The number of hydrogen-bond donors (Lipinski definition) is 4. The van der Waals surface area contributed by atoms with Gasteiger partial charge in [-0.05, 0) is 117 Å². The molecular weight excluding hydrogens is 994 g/mol. The van der Waals surface area contributed by atoms with Gasteiger partial charge in [0.05, 0.1) is 41.9 Å². The van der Waals surface area contributed by atoms with Crippen LogP contribution in [0.15, 0.2) is 96.2 Å². The average Bonchev–Trinajstić information content (AvgIpc) is 3.78. The smallest absolute Gasteiger partial charge is 0.312 e. The molecule has 5 heterocycles. The number of nitrogens with zero attached hydrogens (tertiary/aromatic N) is 6. The molecule has 1 amide bonds. The Morgan fingerprint density at radius 1 is 0.961 bits per heavy atom. The van der Waals surface area contributed by atoms with Crippen molar-refractivity contribution < 1.29 is 41.8 Å². The van der Waals surface area contributed by atoms with Crippen LogP contribution in [0.5, 0.6) is 23.1 Å². The van der Waals surface area contributed by atoms with Gasteiger partial charge in [-0.25, -0.2) is 22.5 Å². The van der Waals surface area contributed by atoms with Gasteiger partial charge in [-0.1, -0.05) is 43.3 Å². The van der Waals surface area contributed by atoms with Crippen LogP contribution >= 0.6 is 0 Å². The van der Waals surface area contributed by atoms with Crippen LogP contribution in [0, 0.1) is 27.3 Å². The zero-order valence-corrected chi connectivity index (χ0v) is 44.2. The number of anilines is 2. The number of fused-ring (bicyclic) bond motifs is 1. The zero-order chi connectivity index (χ0) is 53.4. The fraction of sp³-hybridized carbons (Fsp3) is 0.446. The van der Waals surface area contributed by atoms with E-state index in [-0.39, 0.29) is 57.2 Å². The second kappa shape index (κ2) is 21.6. The van der Waals surface area contributed by atoms with E-state index in [9.17, 15) is 32.8 Å². The summed E-state index contributed by atoms with van der Waals surface area (Å²) in [6.45, 7) is 9.60. The van der Waals surface area contributed by atoms with Crippen LogP contribution in [0.2, 0.25) is 0 Å². The normalized spacial score (nSPS) is 21.3. The largest absolute Gasteiger partial charge is 0.497 e. The number of aryl methyl sites for hydroxylation is 1. The first kappa shape index (κ1) is 52.6. The number of sulfonamides is 1. The number of aromatic amines is 1. The molecule has 1 spiro atoms. The van der Waals surface area contributed by atoms with Gasteiger partial charge in [0, 0.05) is 88.0 Å². The number of aromatic nitrogens is 3. The van der Waals surface area contributed by atoms with Gasteiger partial charge in [-0.2, -0.15) is 4.98 Å². The minimum absolute atomic E-state index is 0.0142. The summed E-state index contributed by atoms with van der Waals surface area (Å²) in [7, 11) is -1.68. The predicted molar refractivity (Wildman–Crippen MR) is 286 cm³/mol. The van der Waals surface area contributed by atoms with E-state index >= 15 is 0 Å². The van der Waals surface area contributed by atoms with Crippen LogP contribution in [0.4, 0.5) is 21.6 Å². The van der Waals surface area contributed by atoms with Crippen molar-refractivity contribution in [3.05, 3.63) is 129 Å². The summed E-state index contributed by atoms with van der Waals surface area (Å²) in [6, 6.07) is 25.1. The van der Waals surface area contributed by atoms with Gasteiger partial charge in [0.1, 0.15) is 27.9 Å². The Kier molecular flexibility index (Phi) is 15.0. The minimum Gasteiger partial charge on any atom is -0.497 e. The van der Waals surface area contributed by atoms with Crippen molar-refractivity contribution in [1.29, 1.82) is 0 Å². The molecule has 6 aromatic rings. The Balaban J connectivity index is 0.852. The number of pyridine rings is 2. The molecule has 4 N–H and O–H groups in total. The monoisotopic (exact) mass is 1060 g/mol. The topological polar surface area (TPSA) is 218 Å². The highest BCUT2D eigenvalue weighted by molar-refractivity contribution is 7.90. The number of ether oxygens (including phenoxy) is 3. The fourth-order valence-electron chi connectivity index (χ4n) is 11.8. The number of piperidine rings is 1. The summed E-state index contributed by atoms with van der Waals surface area (Å²) >= 11 is 0. The van der Waals surface area contributed by atoms with Gasteiger partial charge in [-0.3, -0.25) is 24.7 Å². The highest BCUT2D eigenvalue weighted by atomic mass is 32.2. The first-order valence-corrected chi connectivity index (χ1v) is 27.7. The second-order valence-electron chi connectivity index (χ2n) is 21.3.